The number of halogens is 2. The van der Waals surface area contributed by atoms with Crippen LogP contribution in [0.25, 0.3) is 0 Å². The minimum absolute atomic E-state index is 0.176. The lowest BCUT2D eigenvalue weighted by Gasteiger charge is -2.28. The van der Waals surface area contributed by atoms with Gasteiger partial charge in [0, 0.05) is 5.02 Å². The zero-order valence-corrected chi connectivity index (χ0v) is 17.3. The number of amides is 1. The predicted molar refractivity (Wildman–Crippen MR) is 108 cm³/mol. The molecule has 28 heavy (non-hydrogen) atoms. The van der Waals surface area contributed by atoms with Gasteiger partial charge in [0.25, 0.3) is 0 Å². The van der Waals surface area contributed by atoms with Crippen LogP contribution >= 0.6 is 11.6 Å². The molecule has 1 N–H and O–H groups in total. The molecule has 0 aromatic heterocycles. The number of nitrogens with one attached hydrogen (secondary N) is 1. The van der Waals surface area contributed by atoms with Crippen molar-refractivity contribution >= 4 is 33.2 Å². The van der Waals surface area contributed by atoms with Gasteiger partial charge in [-0.15, -0.1) is 0 Å². The molecule has 1 unspecified atom stereocenters. The fraction of sp³-hybridized carbons (Fsp3) is 0.316. The van der Waals surface area contributed by atoms with Crippen LogP contribution in [-0.4, -0.2) is 39.8 Å². The Bertz CT molecular complexity index is 935. The summed E-state index contributed by atoms with van der Waals surface area (Å²) in [6.45, 7) is 3.70. The molecule has 152 valence electrons. The Morgan fingerprint density at radius 1 is 1.25 bits per heavy atom. The van der Waals surface area contributed by atoms with Gasteiger partial charge in [0.15, 0.2) is 0 Å². The van der Waals surface area contributed by atoms with Gasteiger partial charge in [-0.25, -0.2) is 12.8 Å². The van der Waals surface area contributed by atoms with E-state index >= 15 is 0 Å². The van der Waals surface area contributed by atoms with E-state index in [0.717, 1.165) is 28.3 Å². The van der Waals surface area contributed by atoms with E-state index in [1.165, 1.54) is 19.1 Å². The van der Waals surface area contributed by atoms with Gasteiger partial charge in [0.1, 0.15) is 24.2 Å². The summed E-state index contributed by atoms with van der Waals surface area (Å²) in [7, 11) is -3.75. The van der Waals surface area contributed by atoms with Gasteiger partial charge in [-0.1, -0.05) is 17.7 Å². The lowest BCUT2D eigenvalue weighted by atomic mass is 10.2. The molecule has 0 fully saturated rings. The van der Waals surface area contributed by atoms with Crippen LogP contribution in [0.3, 0.4) is 0 Å². The topological polar surface area (TPSA) is 75.7 Å². The van der Waals surface area contributed by atoms with Crippen LogP contribution < -0.4 is 14.4 Å². The Balaban J connectivity index is 1.97. The van der Waals surface area contributed by atoms with Crippen molar-refractivity contribution in [1.29, 1.82) is 0 Å². The Kier molecular flexibility index (Phi) is 7.26. The minimum atomic E-state index is -3.75. The van der Waals surface area contributed by atoms with Gasteiger partial charge in [-0.2, -0.15) is 0 Å². The first-order valence-corrected chi connectivity index (χ1v) is 10.7. The average Bonchev–Trinajstić information content (AvgIpc) is 2.62. The van der Waals surface area contributed by atoms with Gasteiger partial charge in [-0.3, -0.25) is 9.10 Å². The minimum Gasteiger partial charge on any atom is -0.492 e. The molecule has 0 aliphatic carbocycles. The van der Waals surface area contributed by atoms with E-state index in [1.54, 1.807) is 12.1 Å². The summed E-state index contributed by atoms with van der Waals surface area (Å²) in [6.07, 6.45) is 0.990. The van der Waals surface area contributed by atoms with Crippen molar-refractivity contribution in [2.75, 3.05) is 23.7 Å². The monoisotopic (exact) mass is 428 g/mol. The first-order chi connectivity index (χ1) is 13.1. The van der Waals surface area contributed by atoms with Crippen LogP contribution in [0.5, 0.6) is 5.75 Å². The third-order valence-electron chi connectivity index (χ3n) is 3.98. The van der Waals surface area contributed by atoms with Gasteiger partial charge < -0.3 is 10.1 Å². The van der Waals surface area contributed by atoms with Crippen LogP contribution in [0.15, 0.2) is 42.5 Å². The van der Waals surface area contributed by atoms with Crippen molar-refractivity contribution in [3.63, 3.8) is 0 Å². The van der Waals surface area contributed by atoms with Crippen LogP contribution in [0, 0.1) is 12.7 Å². The van der Waals surface area contributed by atoms with Crippen molar-refractivity contribution in [3.8, 4) is 5.75 Å². The molecule has 9 heteroatoms. The number of carbonyl (C=O) groups excluding carboxylic acids is 1. The van der Waals surface area contributed by atoms with Crippen LogP contribution in [-0.2, 0) is 14.8 Å². The van der Waals surface area contributed by atoms with Gasteiger partial charge in [0.2, 0.25) is 15.9 Å². The van der Waals surface area contributed by atoms with E-state index < -0.39 is 27.8 Å². The number of hydrogen-bond donors (Lipinski definition) is 1. The fourth-order valence-electron chi connectivity index (χ4n) is 2.55. The molecule has 0 heterocycles. The first-order valence-electron chi connectivity index (χ1n) is 8.51. The summed E-state index contributed by atoms with van der Waals surface area (Å²) in [5.74, 6) is -0.426. The number of rotatable bonds is 8. The smallest absolute Gasteiger partial charge is 0.243 e. The molecule has 2 aromatic carbocycles. The Labute approximate surface area is 169 Å². The number of ether oxygens (including phenoxy) is 1. The molecule has 0 saturated heterocycles. The molecule has 0 radical (unpaired) electrons. The summed E-state index contributed by atoms with van der Waals surface area (Å²) in [5, 5.41) is 3.22. The predicted octanol–water partition coefficient (Wildman–Crippen LogP) is 3.14. The molecule has 2 aromatic rings. The highest BCUT2D eigenvalue weighted by molar-refractivity contribution is 7.92. The van der Waals surface area contributed by atoms with Gasteiger partial charge in [0.05, 0.1) is 18.5 Å². The van der Waals surface area contributed by atoms with Gasteiger partial charge >= 0.3 is 0 Å². The SMILES string of the molecule is Cc1ccc(OCCNC(=O)C(C)N(c2ccc(F)cc2)S(C)(=O)=O)cc1Cl. The molecule has 2 rings (SSSR count). The van der Waals surface area contributed by atoms with E-state index in [4.69, 9.17) is 16.3 Å². The van der Waals surface area contributed by atoms with Crippen molar-refractivity contribution in [3.05, 3.63) is 58.9 Å². The molecule has 6 nitrogen and oxygen atoms in total. The quantitative estimate of drug-likeness (QED) is 0.655. The lowest BCUT2D eigenvalue weighted by Crippen LogP contribution is -2.48. The van der Waals surface area contributed by atoms with Crippen molar-refractivity contribution in [2.24, 2.45) is 0 Å². The second-order valence-corrected chi connectivity index (χ2v) is 8.53. The normalized spacial score (nSPS) is 12.3. The molecule has 1 atom stereocenters. The summed E-state index contributed by atoms with van der Waals surface area (Å²) < 4.78 is 43.9. The summed E-state index contributed by atoms with van der Waals surface area (Å²) in [6, 6.07) is 9.15. The van der Waals surface area contributed by atoms with E-state index in [2.05, 4.69) is 5.32 Å². The maximum absolute atomic E-state index is 13.1. The third-order valence-corrected chi connectivity index (χ3v) is 5.63. The van der Waals surface area contributed by atoms with E-state index in [0.29, 0.717) is 10.8 Å². The standard InChI is InChI=1S/C19H22ClFN2O4S/c1-13-4-9-17(12-18(13)20)27-11-10-22-19(24)14(2)23(28(3,25)26)16-7-5-15(21)6-8-16/h4-9,12,14H,10-11H2,1-3H3,(H,22,24). The Hall–Kier alpha value is -2.32. The number of hydrogen-bond acceptors (Lipinski definition) is 4. The number of aryl methyl sites for hydroxylation is 1. The fourth-order valence-corrected chi connectivity index (χ4v) is 3.90. The molecule has 0 aliphatic rings. The molecule has 0 spiro atoms. The summed E-state index contributed by atoms with van der Waals surface area (Å²) in [5.41, 5.74) is 1.13. The number of sulfonamides is 1. The van der Waals surface area contributed by atoms with Gasteiger partial charge in [-0.05, 0) is 55.8 Å². The number of benzene rings is 2. The Morgan fingerprint density at radius 2 is 1.89 bits per heavy atom. The highest BCUT2D eigenvalue weighted by atomic mass is 35.5. The molecule has 1 amide bonds. The zero-order chi connectivity index (χ0) is 20.9. The lowest BCUT2D eigenvalue weighted by molar-refractivity contribution is -0.121. The zero-order valence-electron chi connectivity index (χ0n) is 15.8. The molecule has 0 bridgehead atoms. The highest BCUT2D eigenvalue weighted by Gasteiger charge is 2.28. The second kappa shape index (κ2) is 9.25. The molecular formula is C19H22ClFN2O4S. The van der Waals surface area contributed by atoms with E-state index in [-0.39, 0.29) is 18.8 Å². The molecule has 0 aliphatic heterocycles. The van der Waals surface area contributed by atoms with Crippen molar-refractivity contribution < 1.29 is 22.3 Å². The molecular weight excluding hydrogens is 407 g/mol. The first kappa shape index (κ1) is 22.0. The number of anilines is 1. The van der Waals surface area contributed by atoms with Crippen LogP contribution in [0.2, 0.25) is 5.02 Å². The maximum Gasteiger partial charge on any atom is 0.243 e. The van der Waals surface area contributed by atoms with Crippen LogP contribution in [0.1, 0.15) is 12.5 Å². The third kappa shape index (κ3) is 5.84. The highest BCUT2D eigenvalue weighted by Crippen LogP contribution is 2.22. The van der Waals surface area contributed by atoms with Crippen molar-refractivity contribution in [2.45, 2.75) is 19.9 Å². The van der Waals surface area contributed by atoms with E-state index in [9.17, 15) is 17.6 Å². The largest absolute Gasteiger partial charge is 0.492 e. The molecule has 0 saturated carbocycles. The number of carbonyl (C=O) groups is 1. The summed E-state index contributed by atoms with van der Waals surface area (Å²) in [4.78, 5) is 12.4. The number of nitrogens with zero attached hydrogens (tertiary/aromatic N) is 1. The van der Waals surface area contributed by atoms with Crippen molar-refractivity contribution in [1.82, 2.24) is 5.32 Å². The summed E-state index contributed by atoms with van der Waals surface area (Å²) >= 11 is 6.03. The average molecular weight is 429 g/mol. The second-order valence-electron chi connectivity index (χ2n) is 6.26. The Morgan fingerprint density at radius 3 is 2.46 bits per heavy atom. The van der Waals surface area contributed by atoms with E-state index in [1.807, 2.05) is 13.0 Å². The van der Waals surface area contributed by atoms with Crippen LogP contribution in [0.4, 0.5) is 10.1 Å². The maximum atomic E-state index is 13.1.